The molecule has 1 aliphatic carbocycles. The second kappa shape index (κ2) is 6.95. The molecule has 0 radical (unpaired) electrons. The summed E-state index contributed by atoms with van der Waals surface area (Å²) >= 11 is 0. The minimum atomic E-state index is -0.404. The minimum Gasteiger partial charge on any atom is -0.467 e. The predicted octanol–water partition coefficient (Wildman–Crippen LogP) is 2.81. The average molecular weight is 293 g/mol. The summed E-state index contributed by atoms with van der Waals surface area (Å²) in [6.45, 7) is 3.86. The van der Waals surface area contributed by atoms with Gasteiger partial charge in [0.1, 0.15) is 12.4 Å². The highest BCUT2D eigenvalue weighted by Gasteiger charge is 2.38. The van der Waals surface area contributed by atoms with Gasteiger partial charge in [-0.15, -0.1) is 0 Å². The third kappa shape index (κ3) is 4.09. The molecule has 118 valence electrons. The van der Waals surface area contributed by atoms with Crippen molar-refractivity contribution in [2.24, 2.45) is 5.41 Å². The molecule has 4 heteroatoms. The Bertz CT molecular complexity index is 412. The van der Waals surface area contributed by atoms with Crippen LogP contribution in [0.2, 0.25) is 0 Å². The third-order valence-electron chi connectivity index (χ3n) is 5.04. The van der Waals surface area contributed by atoms with Crippen molar-refractivity contribution in [1.82, 2.24) is 4.90 Å². The Balaban J connectivity index is 1.36. The van der Waals surface area contributed by atoms with E-state index in [2.05, 4.69) is 4.90 Å². The summed E-state index contributed by atoms with van der Waals surface area (Å²) in [6, 6.07) is 3.74. The molecule has 2 heterocycles. The van der Waals surface area contributed by atoms with Crippen LogP contribution in [0.4, 0.5) is 0 Å². The fourth-order valence-corrected chi connectivity index (χ4v) is 3.93. The SMILES string of the molecule is OC(COCc1ccco1)CN1CCC2(CCCCC2)C1. The summed E-state index contributed by atoms with van der Waals surface area (Å²) in [7, 11) is 0. The first kappa shape index (κ1) is 15.1. The first-order valence-electron chi connectivity index (χ1n) is 8.26. The predicted molar refractivity (Wildman–Crippen MR) is 80.9 cm³/mol. The molecular weight excluding hydrogens is 266 g/mol. The molecule has 1 saturated carbocycles. The molecule has 2 aliphatic rings. The van der Waals surface area contributed by atoms with Crippen LogP contribution >= 0.6 is 0 Å². The molecule has 0 amide bonds. The number of nitrogens with zero attached hydrogens (tertiary/aromatic N) is 1. The van der Waals surface area contributed by atoms with Gasteiger partial charge in [-0.05, 0) is 43.4 Å². The molecule has 2 fully saturated rings. The highest BCUT2D eigenvalue weighted by molar-refractivity contribution is 4.96. The lowest BCUT2D eigenvalue weighted by Gasteiger charge is -2.33. The van der Waals surface area contributed by atoms with Gasteiger partial charge in [0.15, 0.2) is 0 Å². The number of likely N-dealkylation sites (tertiary alicyclic amines) is 1. The lowest BCUT2D eigenvalue weighted by atomic mass is 9.73. The van der Waals surface area contributed by atoms with Crippen molar-refractivity contribution in [3.8, 4) is 0 Å². The number of β-amino-alcohol motifs (C(OH)–C–C–N with tert-alkyl or cyclic N) is 1. The maximum absolute atomic E-state index is 10.1. The van der Waals surface area contributed by atoms with E-state index in [0.29, 0.717) is 18.6 Å². The number of aliphatic hydroxyl groups excluding tert-OH is 1. The number of furan rings is 1. The second-order valence-corrected chi connectivity index (χ2v) is 6.79. The molecule has 1 aliphatic heterocycles. The van der Waals surface area contributed by atoms with Gasteiger partial charge in [-0.1, -0.05) is 19.3 Å². The number of aliphatic hydroxyl groups is 1. The highest BCUT2D eigenvalue weighted by Crippen LogP contribution is 2.43. The van der Waals surface area contributed by atoms with Crippen LogP contribution in [0.5, 0.6) is 0 Å². The molecule has 1 aromatic heterocycles. The molecule has 4 nitrogen and oxygen atoms in total. The van der Waals surface area contributed by atoms with Gasteiger partial charge < -0.3 is 19.2 Å². The smallest absolute Gasteiger partial charge is 0.129 e. The van der Waals surface area contributed by atoms with Crippen LogP contribution in [0.25, 0.3) is 0 Å². The van der Waals surface area contributed by atoms with Gasteiger partial charge in [0, 0.05) is 13.1 Å². The van der Waals surface area contributed by atoms with E-state index in [1.54, 1.807) is 6.26 Å². The zero-order valence-corrected chi connectivity index (χ0v) is 12.8. The van der Waals surface area contributed by atoms with Crippen LogP contribution in [-0.4, -0.2) is 42.4 Å². The summed E-state index contributed by atoms with van der Waals surface area (Å²) in [5.74, 6) is 0.810. The van der Waals surface area contributed by atoms with E-state index < -0.39 is 6.10 Å². The van der Waals surface area contributed by atoms with Crippen LogP contribution in [0, 0.1) is 5.41 Å². The largest absolute Gasteiger partial charge is 0.467 e. The van der Waals surface area contributed by atoms with Gasteiger partial charge in [0.2, 0.25) is 0 Å². The van der Waals surface area contributed by atoms with Gasteiger partial charge >= 0.3 is 0 Å². The normalized spacial score (nSPS) is 23.7. The van der Waals surface area contributed by atoms with E-state index in [4.69, 9.17) is 9.15 Å². The van der Waals surface area contributed by atoms with E-state index in [1.165, 1.54) is 45.1 Å². The molecular formula is C17H27NO3. The molecule has 1 unspecified atom stereocenters. The summed E-state index contributed by atoms with van der Waals surface area (Å²) in [4.78, 5) is 2.42. The zero-order valence-electron chi connectivity index (χ0n) is 12.8. The number of ether oxygens (including phenoxy) is 1. The maximum atomic E-state index is 10.1. The maximum Gasteiger partial charge on any atom is 0.129 e. The molecule has 1 spiro atoms. The highest BCUT2D eigenvalue weighted by atomic mass is 16.5. The van der Waals surface area contributed by atoms with Crippen LogP contribution in [0.1, 0.15) is 44.3 Å². The molecule has 1 aromatic rings. The van der Waals surface area contributed by atoms with E-state index in [9.17, 15) is 5.11 Å². The molecule has 3 rings (SSSR count). The van der Waals surface area contributed by atoms with Gasteiger partial charge in [-0.3, -0.25) is 0 Å². The number of hydrogen-bond donors (Lipinski definition) is 1. The Morgan fingerprint density at radius 1 is 1.29 bits per heavy atom. The van der Waals surface area contributed by atoms with Crippen LogP contribution in [0.3, 0.4) is 0 Å². The van der Waals surface area contributed by atoms with Gasteiger partial charge in [-0.25, -0.2) is 0 Å². The molecule has 1 atom stereocenters. The van der Waals surface area contributed by atoms with E-state index in [1.807, 2.05) is 12.1 Å². The Hall–Kier alpha value is -0.840. The zero-order chi connectivity index (χ0) is 14.5. The third-order valence-corrected chi connectivity index (χ3v) is 5.04. The lowest BCUT2D eigenvalue weighted by molar-refractivity contribution is 0.00625. The van der Waals surface area contributed by atoms with Crippen molar-refractivity contribution in [1.29, 1.82) is 0 Å². The lowest BCUT2D eigenvalue weighted by Crippen LogP contribution is -2.35. The van der Waals surface area contributed by atoms with E-state index in [-0.39, 0.29) is 0 Å². The Morgan fingerprint density at radius 2 is 2.14 bits per heavy atom. The van der Waals surface area contributed by atoms with Crippen molar-refractivity contribution < 1.29 is 14.3 Å². The summed E-state index contributed by atoms with van der Waals surface area (Å²) in [6.07, 6.45) is 9.51. The van der Waals surface area contributed by atoms with E-state index >= 15 is 0 Å². The first-order chi connectivity index (χ1) is 10.3. The first-order valence-corrected chi connectivity index (χ1v) is 8.26. The van der Waals surface area contributed by atoms with Crippen molar-refractivity contribution in [3.63, 3.8) is 0 Å². The van der Waals surface area contributed by atoms with Crippen LogP contribution in [-0.2, 0) is 11.3 Å². The van der Waals surface area contributed by atoms with Crippen molar-refractivity contribution in [3.05, 3.63) is 24.2 Å². The molecule has 0 bridgehead atoms. The quantitative estimate of drug-likeness (QED) is 0.876. The Kier molecular flexibility index (Phi) is 4.99. The number of hydrogen-bond acceptors (Lipinski definition) is 4. The minimum absolute atomic E-state index is 0.379. The van der Waals surface area contributed by atoms with Crippen molar-refractivity contribution >= 4 is 0 Å². The van der Waals surface area contributed by atoms with Gasteiger partial charge in [0.25, 0.3) is 0 Å². The monoisotopic (exact) mass is 293 g/mol. The summed E-state index contributed by atoms with van der Waals surface area (Å²) in [5.41, 5.74) is 0.562. The molecule has 1 saturated heterocycles. The average Bonchev–Trinajstić information content (AvgIpc) is 3.11. The van der Waals surface area contributed by atoms with Crippen molar-refractivity contribution in [2.75, 3.05) is 26.2 Å². The fourth-order valence-electron chi connectivity index (χ4n) is 3.93. The fraction of sp³-hybridized carbons (Fsp3) is 0.765. The van der Waals surface area contributed by atoms with Gasteiger partial charge in [0.05, 0.1) is 19.0 Å². The molecule has 0 aromatic carbocycles. The molecule has 1 N–H and O–H groups in total. The van der Waals surface area contributed by atoms with Crippen molar-refractivity contribution in [2.45, 2.75) is 51.2 Å². The summed E-state index contributed by atoms with van der Waals surface area (Å²) < 4.78 is 10.7. The van der Waals surface area contributed by atoms with Crippen LogP contribution < -0.4 is 0 Å². The Labute approximate surface area is 127 Å². The standard InChI is InChI=1S/C17H27NO3/c19-15(12-20-13-16-5-4-10-21-16)11-18-9-8-17(14-18)6-2-1-3-7-17/h4-5,10,15,19H,1-3,6-9,11-14H2. The summed E-state index contributed by atoms with van der Waals surface area (Å²) in [5, 5.41) is 10.1. The van der Waals surface area contributed by atoms with Gasteiger partial charge in [-0.2, -0.15) is 0 Å². The topological polar surface area (TPSA) is 45.8 Å². The van der Waals surface area contributed by atoms with E-state index in [0.717, 1.165) is 18.8 Å². The second-order valence-electron chi connectivity index (χ2n) is 6.79. The Morgan fingerprint density at radius 3 is 2.90 bits per heavy atom. The molecule has 21 heavy (non-hydrogen) atoms. The number of rotatable bonds is 6. The van der Waals surface area contributed by atoms with Crippen LogP contribution in [0.15, 0.2) is 22.8 Å².